The number of para-hydroxylation sites is 1. The van der Waals surface area contributed by atoms with Crippen molar-refractivity contribution in [3.8, 4) is 22.8 Å². The number of likely N-dealkylation sites (tertiary alicyclic amines) is 1. The summed E-state index contributed by atoms with van der Waals surface area (Å²) in [5.41, 5.74) is 3.03. The van der Waals surface area contributed by atoms with E-state index in [1.807, 2.05) is 47.0 Å². The highest BCUT2D eigenvalue weighted by Gasteiger charge is 2.27. The lowest BCUT2D eigenvalue weighted by atomic mass is 10.0. The number of carbonyl (C=O) groups is 2. The highest BCUT2D eigenvalue weighted by atomic mass is 32.2. The van der Waals surface area contributed by atoms with Gasteiger partial charge in [0.15, 0.2) is 11.0 Å². The Kier molecular flexibility index (Phi) is 6.60. The fraction of sp³-hybridized carbons (Fsp3) is 0.333. The van der Waals surface area contributed by atoms with Crippen molar-refractivity contribution in [2.24, 2.45) is 0 Å². The Balaban J connectivity index is 1.73. The molecule has 1 saturated heterocycles. The van der Waals surface area contributed by atoms with Gasteiger partial charge in [0.05, 0.1) is 18.6 Å². The molecule has 2 aromatic carbocycles. The summed E-state index contributed by atoms with van der Waals surface area (Å²) in [5.74, 6) is 1.59. The van der Waals surface area contributed by atoms with Crippen molar-refractivity contribution in [1.82, 2.24) is 19.7 Å². The molecule has 1 aromatic heterocycles. The lowest BCUT2D eigenvalue weighted by Crippen LogP contribution is -2.33. The maximum Gasteiger partial charge on any atom is 0.239 e. The van der Waals surface area contributed by atoms with Crippen LogP contribution in [0, 0.1) is 0 Å². The predicted octanol–water partition coefficient (Wildman–Crippen LogP) is 4.31. The molecule has 0 N–H and O–H groups in total. The number of imide groups is 1. The van der Waals surface area contributed by atoms with Crippen molar-refractivity contribution < 1.29 is 14.3 Å². The lowest BCUT2D eigenvalue weighted by molar-refractivity contribution is -0.140. The minimum Gasteiger partial charge on any atom is -0.497 e. The van der Waals surface area contributed by atoms with Gasteiger partial charge >= 0.3 is 0 Å². The number of nitrogens with zero attached hydrogens (tertiary/aromatic N) is 4. The highest BCUT2D eigenvalue weighted by Crippen LogP contribution is 2.33. The number of ether oxygens (including phenoxy) is 1. The van der Waals surface area contributed by atoms with Crippen LogP contribution in [-0.2, 0) is 9.59 Å². The normalized spacial score (nSPS) is 13.8. The third-order valence-corrected chi connectivity index (χ3v) is 6.39. The van der Waals surface area contributed by atoms with Crippen molar-refractivity contribution in [2.75, 3.05) is 19.4 Å². The van der Waals surface area contributed by atoms with E-state index in [2.05, 4.69) is 30.1 Å². The van der Waals surface area contributed by atoms with Gasteiger partial charge in [-0.1, -0.05) is 43.8 Å². The third kappa shape index (κ3) is 4.41. The zero-order valence-corrected chi connectivity index (χ0v) is 19.3. The monoisotopic (exact) mass is 450 g/mol. The molecule has 0 bridgehead atoms. The SMILES string of the molecule is COc1ccc(-c2nnc(SCC(=O)N3CCCC3=O)n2-c2ccccc2C(C)C)cc1. The first-order chi connectivity index (χ1) is 15.5. The first-order valence-corrected chi connectivity index (χ1v) is 11.6. The zero-order valence-electron chi connectivity index (χ0n) is 18.4. The number of methoxy groups -OCH3 is 1. The molecule has 0 unspecified atom stereocenters. The van der Waals surface area contributed by atoms with Crippen LogP contribution in [0.4, 0.5) is 0 Å². The molecule has 0 radical (unpaired) electrons. The van der Waals surface area contributed by atoms with Crippen LogP contribution in [-0.4, -0.2) is 50.9 Å². The molecule has 1 fully saturated rings. The van der Waals surface area contributed by atoms with Crippen molar-refractivity contribution in [1.29, 1.82) is 0 Å². The number of amides is 2. The predicted molar refractivity (Wildman–Crippen MR) is 124 cm³/mol. The third-order valence-electron chi connectivity index (χ3n) is 5.48. The molecule has 3 aromatic rings. The summed E-state index contributed by atoms with van der Waals surface area (Å²) in [6.07, 6.45) is 1.17. The standard InChI is InChI=1S/C24H26N4O3S/c1-16(2)19-7-4-5-8-20(19)28-23(17-10-12-18(31-3)13-11-17)25-26-24(28)32-15-22(30)27-14-6-9-21(27)29/h4-5,7-8,10-13,16H,6,9,14-15H2,1-3H3. The first-order valence-electron chi connectivity index (χ1n) is 10.6. The van der Waals surface area contributed by atoms with Gasteiger partial charge in [0.2, 0.25) is 11.8 Å². The van der Waals surface area contributed by atoms with Crippen LogP contribution in [0.25, 0.3) is 17.1 Å². The molecule has 0 spiro atoms. The molecule has 1 aliphatic rings. The Morgan fingerprint density at radius 2 is 1.88 bits per heavy atom. The fourth-order valence-electron chi connectivity index (χ4n) is 3.80. The fourth-order valence-corrected chi connectivity index (χ4v) is 4.62. The molecule has 7 nitrogen and oxygen atoms in total. The second kappa shape index (κ2) is 9.56. The van der Waals surface area contributed by atoms with Gasteiger partial charge < -0.3 is 4.74 Å². The summed E-state index contributed by atoms with van der Waals surface area (Å²) < 4.78 is 7.28. The second-order valence-corrected chi connectivity index (χ2v) is 8.86. The van der Waals surface area contributed by atoms with Crippen LogP contribution in [0.5, 0.6) is 5.75 Å². The first kappa shape index (κ1) is 22.1. The van der Waals surface area contributed by atoms with Crippen molar-refractivity contribution in [3.63, 3.8) is 0 Å². The van der Waals surface area contributed by atoms with Crippen molar-refractivity contribution >= 4 is 23.6 Å². The minimum absolute atomic E-state index is 0.0962. The van der Waals surface area contributed by atoms with E-state index in [0.717, 1.165) is 29.0 Å². The molecule has 32 heavy (non-hydrogen) atoms. The van der Waals surface area contributed by atoms with Crippen LogP contribution in [0.3, 0.4) is 0 Å². The highest BCUT2D eigenvalue weighted by molar-refractivity contribution is 7.99. The van der Waals surface area contributed by atoms with E-state index in [-0.39, 0.29) is 17.6 Å². The Bertz CT molecular complexity index is 1120. The van der Waals surface area contributed by atoms with Gasteiger partial charge in [0.1, 0.15) is 5.75 Å². The van der Waals surface area contributed by atoms with Crippen LogP contribution in [0.2, 0.25) is 0 Å². The lowest BCUT2D eigenvalue weighted by Gasteiger charge is -2.17. The molecule has 8 heteroatoms. The number of hydrogen-bond donors (Lipinski definition) is 0. The summed E-state index contributed by atoms with van der Waals surface area (Å²) in [7, 11) is 1.63. The molecule has 0 aliphatic carbocycles. The minimum atomic E-state index is -0.185. The average Bonchev–Trinajstić information content (AvgIpc) is 3.43. The number of thioether (sulfide) groups is 1. The molecular weight excluding hydrogens is 424 g/mol. The number of carbonyl (C=O) groups excluding carboxylic acids is 2. The Hall–Kier alpha value is -3.13. The van der Waals surface area contributed by atoms with Gasteiger partial charge in [-0.2, -0.15) is 0 Å². The summed E-state index contributed by atoms with van der Waals surface area (Å²) in [6, 6.07) is 15.8. The van der Waals surface area contributed by atoms with E-state index < -0.39 is 0 Å². The van der Waals surface area contributed by atoms with Crippen molar-refractivity contribution in [3.05, 3.63) is 54.1 Å². The Morgan fingerprint density at radius 3 is 2.53 bits per heavy atom. The molecular formula is C24H26N4O3S. The number of hydrogen-bond acceptors (Lipinski definition) is 6. The molecule has 4 rings (SSSR count). The summed E-state index contributed by atoms with van der Waals surface area (Å²) in [4.78, 5) is 25.9. The Morgan fingerprint density at radius 1 is 1.12 bits per heavy atom. The van der Waals surface area contributed by atoms with Crippen LogP contribution >= 0.6 is 11.8 Å². The Labute approximate surface area is 191 Å². The van der Waals surface area contributed by atoms with Gasteiger partial charge in [0, 0.05) is 18.5 Å². The maximum absolute atomic E-state index is 12.6. The van der Waals surface area contributed by atoms with Crippen LogP contribution < -0.4 is 4.74 Å². The van der Waals surface area contributed by atoms with E-state index >= 15 is 0 Å². The van der Waals surface area contributed by atoms with Gasteiger partial charge in [-0.3, -0.25) is 19.1 Å². The second-order valence-electron chi connectivity index (χ2n) is 7.91. The molecule has 0 saturated carbocycles. The topological polar surface area (TPSA) is 77.3 Å². The van der Waals surface area contributed by atoms with Gasteiger partial charge in [-0.25, -0.2) is 0 Å². The van der Waals surface area contributed by atoms with E-state index in [1.165, 1.54) is 16.7 Å². The van der Waals surface area contributed by atoms with Crippen LogP contribution in [0.1, 0.15) is 38.2 Å². The van der Waals surface area contributed by atoms with Crippen LogP contribution in [0.15, 0.2) is 53.7 Å². The van der Waals surface area contributed by atoms with E-state index in [4.69, 9.17) is 4.74 Å². The quantitative estimate of drug-likeness (QED) is 0.499. The van der Waals surface area contributed by atoms with E-state index in [0.29, 0.717) is 29.9 Å². The van der Waals surface area contributed by atoms with E-state index in [1.54, 1.807) is 7.11 Å². The molecule has 166 valence electrons. The smallest absolute Gasteiger partial charge is 0.239 e. The number of aromatic nitrogens is 3. The van der Waals surface area contributed by atoms with Gasteiger partial charge in [-0.05, 0) is 48.2 Å². The van der Waals surface area contributed by atoms with E-state index in [9.17, 15) is 9.59 Å². The summed E-state index contributed by atoms with van der Waals surface area (Å²) in [6.45, 7) is 4.79. The maximum atomic E-state index is 12.6. The molecule has 2 heterocycles. The van der Waals surface area contributed by atoms with Gasteiger partial charge in [0.25, 0.3) is 0 Å². The molecule has 0 atom stereocenters. The largest absolute Gasteiger partial charge is 0.497 e. The summed E-state index contributed by atoms with van der Waals surface area (Å²) in [5, 5.41) is 9.50. The number of rotatable bonds is 7. The van der Waals surface area contributed by atoms with Crippen molar-refractivity contribution in [2.45, 2.75) is 37.8 Å². The summed E-state index contributed by atoms with van der Waals surface area (Å²) >= 11 is 1.30. The number of benzene rings is 2. The molecule has 2 amide bonds. The van der Waals surface area contributed by atoms with Gasteiger partial charge in [-0.15, -0.1) is 10.2 Å². The average molecular weight is 451 g/mol. The molecule has 1 aliphatic heterocycles. The zero-order chi connectivity index (χ0) is 22.7.